The molecule has 1 aromatic carbocycles. The van der Waals surface area contributed by atoms with Gasteiger partial charge in [-0.05, 0) is 23.6 Å². The maximum atomic E-state index is 13.3. The zero-order chi connectivity index (χ0) is 19.2. The van der Waals surface area contributed by atoms with E-state index in [0.717, 1.165) is 5.56 Å². The van der Waals surface area contributed by atoms with E-state index in [4.69, 9.17) is 4.74 Å². The van der Waals surface area contributed by atoms with Crippen LogP contribution in [-0.4, -0.2) is 62.4 Å². The van der Waals surface area contributed by atoms with Crippen LogP contribution in [0.3, 0.4) is 0 Å². The second kappa shape index (κ2) is 10.7. The van der Waals surface area contributed by atoms with Gasteiger partial charge < -0.3 is 15.4 Å². The van der Waals surface area contributed by atoms with Gasteiger partial charge in [0.25, 0.3) is 5.91 Å². The van der Waals surface area contributed by atoms with Gasteiger partial charge in [-0.25, -0.2) is 0 Å². The van der Waals surface area contributed by atoms with Crippen LogP contribution in [0.5, 0.6) is 5.75 Å². The third-order valence-corrected chi connectivity index (χ3v) is 4.36. The van der Waals surface area contributed by atoms with E-state index >= 15 is 0 Å². The number of alkyl halides is 3. The minimum atomic E-state index is -4.39. The van der Waals surface area contributed by atoms with Gasteiger partial charge in [-0.3, -0.25) is 9.69 Å². The number of amides is 1. The first-order valence-corrected chi connectivity index (χ1v) is 8.78. The van der Waals surface area contributed by atoms with Gasteiger partial charge >= 0.3 is 6.18 Å². The molecule has 2 rings (SSSR count). The fraction of sp³-hybridized carbons (Fsp3) is 0.611. The molecule has 27 heavy (non-hydrogen) atoms. The molecule has 1 unspecified atom stereocenters. The van der Waals surface area contributed by atoms with Gasteiger partial charge in [-0.1, -0.05) is 26.0 Å². The molecule has 1 aliphatic heterocycles. The predicted octanol–water partition coefficient (Wildman–Crippen LogP) is 2.56. The molecule has 1 saturated heterocycles. The third-order valence-electron chi connectivity index (χ3n) is 4.36. The molecule has 1 amide bonds. The molecule has 1 heterocycles. The second-order valence-electron chi connectivity index (χ2n) is 6.66. The zero-order valence-corrected chi connectivity index (χ0v) is 16.3. The number of hydrogen-bond donors (Lipinski definition) is 2. The van der Waals surface area contributed by atoms with E-state index in [1.807, 2.05) is 32.0 Å². The van der Waals surface area contributed by atoms with Crippen molar-refractivity contribution in [3.8, 4) is 5.75 Å². The smallest absolute Gasteiger partial charge is 0.405 e. The first-order chi connectivity index (χ1) is 12.3. The van der Waals surface area contributed by atoms with Gasteiger partial charge in [-0.15, -0.1) is 12.4 Å². The van der Waals surface area contributed by atoms with Crippen LogP contribution >= 0.6 is 12.4 Å². The molecule has 0 radical (unpaired) electrons. The van der Waals surface area contributed by atoms with Crippen LogP contribution in [0.15, 0.2) is 24.3 Å². The summed E-state index contributed by atoms with van der Waals surface area (Å²) in [4.78, 5) is 13.3. The Morgan fingerprint density at radius 1 is 1.30 bits per heavy atom. The molecule has 0 spiro atoms. The zero-order valence-electron chi connectivity index (χ0n) is 15.5. The summed E-state index contributed by atoms with van der Waals surface area (Å²) in [6.07, 6.45) is -4.39. The summed E-state index contributed by atoms with van der Waals surface area (Å²) in [5.41, 5.74) is 1.07. The summed E-state index contributed by atoms with van der Waals surface area (Å²) in [7, 11) is 0. The lowest BCUT2D eigenvalue weighted by Crippen LogP contribution is -2.57. The number of piperazine rings is 1. The number of benzene rings is 1. The standard InChI is InChI=1S/C18H26F3N3O2.ClH/c1-13(2)14-4-3-5-15(10-14)26-12-17(25)23-11-16(18(19,20)21)24-8-6-22-7-9-24;/h3-5,10,13,16,22H,6-9,11-12H2,1-2H3,(H,23,25);1H. The van der Waals surface area contributed by atoms with Gasteiger partial charge in [0.2, 0.25) is 0 Å². The van der Waals surface area contributed by atoms with Crippen LogP contribution in [-0.2, 0) is 4.79 Å². The SMILES string of the molecule is CC(C)c1cccc(OCC(=O)NCC(N2CCNCC2)C(F)(F)F)c1.Cl. The first-order valence-electron chi connectivity index (χ1n) is 8.78. The van der Waals surface area contributed by atoms with Crippen molar-refractivity contribution in [2.75, 3.05) is 39.3 Å². The molecule has 154 valence electrons. The lowest BCUT2D eigenvalue weighted by molar-refractivity contribution is -0.184. The summed E-state index contributed by atoms with van der Waals surface area (Å²) < 4.78 is 45.2. The molecule has 1 aliphatic rings. The van der Waals surface area contributed by atoms with Gasteiger partial charge in [0.05, 0.1) is 0 Å². The fourth-order valence-electron chi connectivity index (χ4n) is 2.82. The minimum Gasteiger partial charge on any atom is -0.484 e. The Kier molecular flexibility index (Phi) is 9.35. The molecule has 0 aliphatic carbocycles. The van der Waals surface area contributed by atoms with Crippen molar-refractivity contribution < 1.29 is 22.7 Å². The molecular weight excluding hydrogens is 383 g/mol. The van der Waals surface area contributed by atoms with Crippen molar-refractivity contribution in [2.24, 2.45) is 0 Å². The molecule has 2 N–H and O–H groups in total. The predicted molar refractivity (Wildman–Crippen MR) is 101 cm³/mol. The van der Waals surface area contributed by atoms with E-state index < -0.39 is 24.7 Å². The van der Waals surface area contributed by atoms with Crippen LogP contribution in [0.1, 0.15) is 25.3 Å². The summed E-state index contributed by atoms with van der Waals surface area (Å²) in [5.74, 6) is 0.282. The van der Waals surface area contributed by atoms with Crippen LogP contribution in [0.2, 0.25) is 0 Å². The molecule has 9 heteroatoms. The van der Waals surface area contributed by atoms with Gasteiger partial charge in [-0.2, -0.15) is 13.2 Å². The van der Waals surface area contributed by atoms with Crippen molar-refractivity contribution in [3.05, 3.63) is 29.8 Å². The number of carbonyl (C=O) groups is 1. The number of halogens is 4. The average molecular weight is 410 g/mol. The lowest BCUT2D eigenvalue weighted by atomic mass is 10.0. The van der Waals surface area contributed by atoms with Crippen LogP contribution < -0.4 is 15.4 Å². The van der Waals surface area contributed by atoms with Crippen molar-refractivity contribution in [2.45, 2.75) is 32.0 Å². The highest BCUT2D eigenvalue weighted by Gasteiger charge is 2.43. The lowest BCUT2D eigenvalue weighted by Gasteiger charge is -2.35. The maximum Gasteiger partial charge on any atom is 0.405 e. The van der Waals surface area contributed by atoms with Crippen LogP contribution in [0.4, 0.5) is 13.2 Å². The van der Waals surface area contributed by atoms with Gasteiger partial charge in [0, 0.05) is 32.7 Å². The van der Waals surface area contributed by atoms with Crippen LogP contribution in [0.25, 0.3) is 0 Å². The van der Waals surface area contributed by atoms with Gasteiger partial charge in [0.15, 0.2) is 6.61 Å². The highest BCUT2D eigenvalue weighted by molar-refractivity contribution is 5.85. The van der Waals surface area contributed by atoms with E-state index in [2.05, 4.69) is 10.6 Å². The van der Waals surface area contributed by atoms with E-state index in [1.54, 1.807) is 6.07 Å². The van der Waals surface area contributed by atoms with E-state index in [1.165, 1.54) is 4.90 Å². The van der Waals surface area contributed by atoms with E-state index in [0.29, 0.717) is 37.8 Å². The van der Waals surface area contributed by atoms with Crippen molar-refractivity contribution >= 4 is 18.3 Å². The summed E-state index contributed by atoms with van der Waals surface area (Å²) >= 11 is 0. The highest BCUT2D eigenvalue weighted by Crippen LogP contribution is 2.25. The summed E-state index contributed by atoms with van der Waals surface area (Å²) in [6.45, 7) is 4.92. The Bertz CT molecular complexity index is 593. The largest absolute Gasteiger partial charge is 0.484 e. The van der Waals surface area contributed by atoms with Crippen molar-refractivity contribution in [1.29, 1.82) is 0 Å². The van der Waals surface area contributed by atoms with Gasteiger partial charge in [0.1, 0.15) is 11.8 Å². The number of nitrogens with zero attached hydrogens (tertiary/aromatic N) is 1. The molecule has 0 saturated carbocycles. The van der Waals surface area contributed by atoms with Crippen LogP contribution in [0, 0.1) is 0 Å². The highest BCUT2D eigenvalue weighted by atomic mass is 35.5. The van der Waals surface area contributed by atoms with Crippen molar-refractivity contribution in [1.82, 2.24) is 15.5 Å². The summed E-state index contributed by atoms with van der Waals surface area (Å²) in [6, 6.07) is 5.65. The Labute approximate surface area is 164 Å². The molecular formula is C18H27ClF3N3O2. The number of hydrogen-bond acceptors (Lipinski definition) is 4. The topological polar surface area (TPSA) is 53.6 Å². The Hall–Kier alpha value is -1.51. The Morgan fingerprint density at radius 2 is 1.96 bits per heavy atom. The Morgan fingerprint density at radius 3 is 2.56 bits per heavy atom. The Balaban J connectivity index is 0.00000364. The molecule has 0 bridgehead atoms. The molecule has 1 aromatic rings. The van der Waals surface area contributed by atoms with E-state index in [-0.39, 0.29) is 19.0 Å². The minimum absolute atomic E-state index is 0. The number of carbonyl (C=O) groups excluding carboxylic acids is 1. The van der Waals surface area contributed by atoms with E-state index in [9.17, 15) is 18.0 Å². The quantitative estimate of drug-likeness (QED) is 0.726. The number of rotatable bonds is 7. The molecule has 1 atom stereocenters. The first kappa shape index (κ1) is 23.5. The monoisotopic (exact) mass is 409 g/mol. The average Bonchev–Trinajstić information content (AvgIpc) is 2.60. The molecule has 5 nitrogen and oxygen atoms in total. The number of ether oxygens (including phenoxy) is 1. The third kappa shape index (κ3) is 7.56. The molecule has 1 fully saturated rings. The second-order valence-corrected chi connectivity index (χ2v) is 6.66. The maximum absolute atomic E-state index is 13.3. The molecule has 0 aromatic heterocycles. The summed E-state index contributed by atoms with van der Waals surface area (Å²) in [5, 5.41) is 5.37. The van der Waals surface area contributed by atoms with Crippen molar-refractivity contribution in [3.63, 3.8) is 0 Å². The number of nitrogens with one attached hydrogen (secondary N) is 2. The fourth-order valence-corrected chi connectivity index (χ4v) is 2.82. The normalized spacial score (nSPS) is 16.5.